The number of nitrogens with two attached hydrogens (primary N) is 2. The molecule has 0 spiro atoms. The minimum absolute atomic E-state index is 0.222. The van der Waals surface area contributed by atoms with Crippen LogP contribution in [0.4, 0.5) is 0 Å². The number of aromatic nitrogens is 3. The summed E-state index contributed by atoms with van der Waals surface area (Å²) in [5, 5.41) is 7.80. The highest BCUT2D eigenvalue weighted by atomic mass is 16.1. The van der Waals surface area contributed by atoms with Gasteiger partial charge in [-0.3, -0.25) is 4.79 Å². The first-order valence-electron chi connectivity index (χ1n) is 4.61. The molecule has 0 radical (unpaired) electrons. The van der Waals surface area contributed by atoms with Crippen molar-refractivity contribution < 1.29 is 4.79 Å². The molecule has 14 heavy (non-hydrogen) atoms. The molecule has 0 aromatic carbocycles. The lowest BCUT2D eigenvalue weighted by Crippen LogP contribution is -2.37. The maximum Gasteiger partial charge on any atom is 0.234 e. The third kappa shape index (κ3) is 1.48. The van der Waals surface area contributed by atoms with Gasteiger partial charge in [0.25, 0.3) is 0 Å². The first-order valence-corrected chi connectivity index (χ1v) is 4.61. The van der Waals surface area contributed by atoms with Gasteiger partial charge in [0, 0.05) is 12.5 Å². The normalized spacial score (nSPS) is 21.9. The van der Waals surface area contributed by atoms with Crippen LogP contribution in [-0.2, 0) is 11.3 Å². The van der Waals surface area contributed by atoms with Crippen molar-refractivity contribution in [2.24, 2.45) is 11.5 Å². The third-order valence-electron chi connectivity index (χ3n) is 2.63. The Balaban J connectivity index is 2.05. The summed E-state index contributed by atoms with van der Waals surface area (Å²) >= 11 is 0. The minimum Gasteiger partial charge on any atom is -0.368 e. The van der Waals surface area contributed by atoms with Crippen LogP contribution in [0.2, 0.25) is 0 Å². The van der Waals surface area contributed by atoms with E-state index in [1.807, 2.05) is 4.57 Å². The Labute approximate surface area is 81.3 Å². The van der Waals surface area contributed by atoms with E-state index in [2.05, 4.69) is 10.2 Å². The predicted molar refractivity (Wildman–Crippen MR) is 49.2 cm³/mol. The second-order valence-electron chi connectivity index (χ2n) is 3.61. The van der Waals surface area contributed by atoms with Crippen molar-refractivity contribution in [1.82, 2.24) is 14.8 Å². The van der Waals surface area contributed by atoms with Crippen molar-refractivity contribution in [2.75, 3.05) is 0 Å². The van der Waals surface area contributed by atoms with E-state index < -0.39 is 11.9 Å². The van der Waals surface area contributed by atoms with E-state index in [4.69, 9.17) is 11.5 Å². The fourth-order valence-corrected chi connectivity index (χ4v) is 1.82. The summed E-state index contributed by atoms with van der Waals surface area (Å²) in [6.45, 7) is 0.901. The van der Waals surface area contributed by atoms with Gasteiger partial charge in [0.15, 0.2) is 0 Å². The summed E-state index contributed by atoms with van der Waals surface area (Å²) in [7, 11) is 0. The third-order valence-corrected chi connectivity index (χ3v) is 2.63. The van der Waals surface area contributed by atoms with E-state index in [1.54, 1.807) is 6.33 Å². The van der Waals surface area contributed by atoms with Crippen LogP contribution in [0.1, 0.15) is 24.6 Å². The molecule has 6 nitrogen and oxygen atoms in total. The summed E-state index contributed by atoms with van der Waals surface area (Å²) < 4.78 is 1.98. The van der Waals surface area contributed by atoms with E-state index >= 15 is 0 Å². The molecule has 1 aliphatic heterocycles. The zero-order valence-corrected chi connectivity index (χ0v) is 7.76. The quantitative estimate of drug-likeness (QED) is 0.644. The Morgan fingerprint density at radius 2 is 2.57 bits per heavy atom. The predicted octanol–water partition coefficient (Wildman–Crippen LogP) is -1.03. The maximum absolute atomic E-state index is 10.8. The fourth-order valence-electron chi connectivity index (χ4n) is 1.82. The molecule has 4 N–H and O–H groups in total. The Morgan fingerprint density at radius 1 is 1.79 bits per heavy atom. The van der Waals surface area contributed by atoms with Gasteiger partial charge < -0.3 is 16.0 Å². The van der Waals surface area contributed by atoms with E-state index in [0.717, 1.165) is 18.8 Å². The lowest BCUT2D eigenvalue weighted by Gasteiger charge is -2.11. The molecular formula is C8H13N5O. The van der Waals surface area contributed by atoms with Crippen LogP contribution < -0.4 is 11.5 Å². The molecule has 0 saturated heterocycles. The van der Waals surface area contributed by atoms with Gasteiger partial charge in [-0.05, 0) is 12.8 Å². The number of nitrogens with zero attached hydrogens (tertiary/aromatic N) is 3. The Kier molecular flexibility index (Phi) is 2.20. The molecule has 1 unspecified atom stereocenters. The van der Waals surface area contributed by atoms with Gasteiger partial charge in [-0.1, -0.05) is 0 Å². The molecule has 1 aromatic heterocycles. The van der Waals surface area contributed by atoms with Crippen molar-refractivity contribution in [1.29, 1.82) is 0 Å². The molecule has 2 heterocycles. The maximum atomic E-state index is 10.8. The molecule has 0 saturated carbocycles. The number of carbonyl (C=O) groups is 1. The van der Waals surface area contributed by atoms with Gasteiger partial charge in [0.05, 0.1) is 6.04 Å². The molecule has 1 aromatic rings. The van der Waals surface area contributed by atoms with Gasteiger partial charge in [-0.25, -0.2) is 0 Å². The number of hydrogen-bond acceptors (Lipinski definition) is 4. The van der Waals surface area contributed by atoms with Gasteiger partial charge in [0.2, 0.25) is 5.91 Å². The van der Waals surface area contributed by atoms with Crippen molar-refractivity contribution in [2.45, 2.75) is 31.3 Å². The number of hydrogen-bond donors (Lipinski definition) is 2. The Morgan fingerprint density at radius 3 is 3.29 bits per heavy atom. The lowest BCUT2D eigenvalue weighted by molar-refractivity contribution is -0.119. The first-order chi connectivity index (χ1) is 6.68. The highest BCUT2D eigenvalue weighted by molar-refractivity contribution is 5.79. The van der Waals surface area contributed by atoms with Crippen molar-refractivity contribution in [3.8, 4) is 0 Å². The molecule has 2 atom stereocenters. The molecule has 6 heteroatoms. The van der Waals surface area contributed by atoms with Crippen LogP contribution in [-0.4, -0.2) is 26.7 Å². The van der Waals surface area contributed by atoms with Crippen LogP contribution >= 0.6 is 0 Å². The zero-order valence-electron chi connectivity index (χ0n) is 7.76. The van der Waals surface area contributed by atoms with Crippen molar-refractivity contribution >= 4 is 5.91 Å². The van der Waals surface area contributed by atoms with Crippen molar-refractivity contribution in [3.05, 3.63) is 12.2 Å². The molecule has 0 aliphatic carbocycles. The van der Waals surface area contributed by atoms with Crippen LogP contribution in [0.3, 0.4) is 0 Å². The number of fused-ring (bicyclic) bond motifs is 1. The van der Waals surface area contributed by atoms with E-state index in [0.29, 0.717) is 6.42 Å². The summed E-state index contributed by atoms with van der Waals surface area (Å²) in [4.78, 5) is 10.8. The van der Waals surface area contributed by atoms with E-state index in [9.17, 15) is 4.79 Å². The number of carbonyl (C=O) groups excluding carboxylic acids is 1. The topological polar surface area (TPSA) is 99.8 Å². The monoisotopic (exact) mass is 195 g/mol. The molecule has 76 valence electrons. The summed E-state index contributed by atoms with van der Waals surface area (Å²) in [5.74, 6) is 0.685. The molecule has 0 bridgehead atoms. The SMILES string of the molecule is NC(=O)C(N)C[C@@H]1CCn2cnnc21. The minimum atomic E-state index is -0.580. The van der Waals surface area contributed by atoms with Gasteiger partial charge in [-0.15, -0.1) is 10.2 Å². The number of aryl methyl sites for hydroxylation is 1. The summed E-state index contributed by atoms with van der Waals surface area (Å²) in [6, 6.07) is -0.580. The summed E-state index contributed by atoms with van der Waals surface area (Å²) in [6.07, 6.45) is 3.23. The Bertz CT molecular complexity index is 347. The average molecular weight is 195 g/mol. The molecule has 1 amide bonds. The molecule has 0 fully saturated rings. The molecular weight excluding hydrogens is 182 g/mol. The van der Waals surface area contributed by atoms with Gasteiger partial charge >= 0.3 is 0 Å². The van der Waals surface area contributed by atoms with Crippen LogP contribution in [0.5, 0.6) is 0 Å². The highest BCUT2D eigenvalue weighted by Crippen LogP contribution is 2.29. The highest BCUT2D eigenvalue weighted by Gasteiger charge is 2.27. The second kappa shape index (κ2) is 3.38. The Hall–Kier alpha value is -1.43. The summed E-state index contributed by atoms with van der Waals surface area (Å²) in [5.41, 5.74) is 10.7. The van der Waals surface area contributed by atoms with E-state index in [-0.39, 0.29) is 5.92 Å². The smallest absolute Gasteiger partial charge is 0.234 e. The van der Waals surface area contributed by atoms with Gasteiger partial charge in [-0.2, -0.15) is 0 Å². The first kappa shape index (κ1) is 9.14. The van der Waals surface area contributed by atoms with Gasteiger partial charge in [0.1, 0.15) is 12.2 Å². The average Bonchev–Trinajstić information content (AvgIpc) is 2.69. The standard InChI is InChI=1S/C8H13N5O/c9-6(7(10)14)3-5-1-2-13-4-11-12-8(5)13/h4-6H,1-3,9H2,(H2,10,14)/t5-,6?/m0/s1. The number of primary amides is 1. The van der Waals surface area contributed by atoms with Crippen LogP contribution in [0.15, 0.2) is 6.33 Å². The number of rotatable bonds is 3. The lowest BCUT2D eigenvalue weighted by atomic mass is 9.98. The zero-order chi connectivity index (χ0) is 10.1. The fraction of sp³-hybridized carbons (Fsp3) is 0.625. The number of amides is 1. The van der Waals surface area contributed by atoms with Crippen LogP contribution in [0.25, 0.3) is 0 Å². The molecule has 1 aliphatic rings. The largest absolute Gasteiger partial charge is 0.368 e. The van der Waals surface area contributed by atoms with Crippen molar-refractivity contribution in [3.63, 3.8) is 0 Å². The van der Waals surface area contributed by atoms with Crippen LogP contribution in [0, 0.1) is 0 Å². The second-order valence-corrected chi connectivity index (χ2v) is 3.61. The molecule has 2 rings (SSSR count). The van der Waals surface area contributed by atoms with E-state index in [1.165, 1.54) is 0 Å².